The molecule has 8 heteroatoms. The van der Waals surface area contributed by atoms with Gasteiger partial charge in [0, 0.05) is 29.8 Å². The highest BCUT2D eigenvalue weighted by molar-refractivity contribution is 7.12. The zero-order valence-electron chi connectivity index (χ0n) is 13.4. The molecule has 3 heterocycles. The molecule has 1 aromatic heterocycles. The molecule has 130 valence electrons. The average molecular weight is 367 g/mol. The maximum absolute atomic E-state index is 12.9. The van der Waals surface area contributed by atoms with Gasteiger partial charge in [0.15, 0.2) is 5.54 Å². The molecule has 0 fully saturated rings. The topological polar surface area (TPSA) is 99.1 Å². The number of aliphatic carboxylic acids is 1. The van der Waals surface area contributed by atoms with Crippen molar-refractivity contribution in [3.05, 3.63) is 64.4 Å². The molecule has 2 amide bonds. The number of anilines is 1. The molecule has 1 aromatic carbocycles. The molecule has 7 nitrogen and oxygen atoms in total. The van der Waals surface area contributed by atoms with Gasteiger partial charge < -0.3 is 10.4 Å². The Morgan fingerprint density at radius 2 is 2.04 bits per heavy atom. The summed E-state index contributed by atoms with van der Waals surface area (Å²) in [5.41, 5.74) is 0.581. The van der Waals surface area contributed by atoms with Crippen molar-refractivity contribution in [3.63, 3.8) is 0 Å². The van der Waals surface area contributed by atoms with E-state index < -0.39 is 17.4 Å². The predicted octanol–water partition coefficient (Wildman–Crippen LogP) is 2.17. The molecular formula is C18H13N3O4S. The summed E-state index contributed by atoms with van der Waals surface area (Å²) in [6.45, 7) is 0. The van der Waals surface area contributed by atoms with Crippen LogP contribution in [0, 0.1) is 0 Å². The van der Waals surface area contributed by atoms with Crippen LogP contribution in [0.3, 0.4) is 0 Å². The monoisotopic (exact) mass is 367 g/mol. The Kier molecular flexibility index (Phi) is 3.69. The maximum atomic E-state index is 12.9. The Hall–Kier alpha value is -3.26. The van der Waals surface area contributed by atoms with E-state index in [1.165, 1.54) is 11.3 Å². The molecule has 2 aromatic rings. The molecule has 0 unspecified atom stereocenters. The predicted molar refractivity (Wildman–Crippen MR) is 95.8 cm³/mol. The summed E-state index contributed by atoms with van der Waals surface area (Å²) in [6.07, 6.45) is 1.88. The van der Waals surface area contributed by atoms with Gasteiger partial charge in [0.25, 0.3) is 11.8 Å². The van der Waals surface area contributed by atoms with Gasteiger partial charge in [-0.25, -0.2) is 9.80 Å². The molecular weight excluding hydrogens is 354 g/mol. The van der Waals surface area contributed by atoms with Crippen molar-refractivity contribution in [1.82, 2.24) is 5.01 Å². The molecule has 26 heavy (non-hydrogen) atoms. The Balaban J connectivity index is 1.84. The van der Waals surface area contributed by atoms with Crippen LogP contribution in [0.15, 0.2) is 59.0 Å². The van der Waals surface area contributed by atoms with Gasteiger partial charge >= 0.3 is 5.97 Å². The number of nitrogens with zero attached hydrogens (tertiary/aromatic N) is 2. The number of benzene rings is 1. The molecule has 2 N–H and O–H groups in total. The third kappa shape index (κ3) is 2.34. The zero-order chi connectivity index (χ0) is 18.3. The number of hydrogen-bond donors (Lipinski definition) is 2. The first-order chi connectivity index (χ1) is 12.5. The highest BCUT2D eigenvalue weighted by Crippen LogP contribution is 2.47. The van der Waals surface area contributed by atoms with Gasteiger partial charge in [-0.05, 0) is 17.5 Å². The van der Waals surface area contributed by atoms with Crippen molar-refractivity contribution >= 4 is 40.5 Å². The summed E-state index contributed by atoms with van der Waals surface area (Å²) >= 11 is 1.46. The molecule has 4 rings (SSSR count). The lowest BCUT2D eigenvalue weighted by atomic mass is 9.86. The Morgan fingerprint density at radius 1 is 1.23 bits per heavy atom. The molecule has 0 saturated carbocycles. The van der Waals surface area contributed by atoms with Crippen LogP contribution in [0.4, 0.5) is 5.69 Å². The minimum Gasteiger partial charge on any atom is -0.478 e. The Bertz CT molecular complexity index is 980. The Morgan fingerprint density at radius 3 is 2.77 bits per heavy atom. The summed E-state index contributed by atoms with van der Waals surface area (Å²) in [5.74, 6) is -2.26. The van der Waals surface area contributed by atoms with E-state index in [2.05, 4.69) is 10.4 Å². The van der Waals surface area contributed by atoms with E-state index in [-0.39, 0.29) is 12.3 Å². The van der Waals surface area contributed by atoms with Crippen LogP contribution >= 0.6 is 11.3 Å². The van der Waals surface area contributed by atoms with E-state index in [0.717, 1.165) is 22.0 Å². The third-order valence-corrected chi connectivity index (χ3v) is 5.30. The second kappa shape index (κ2) is 5.92. The minimum absolute atomic E-state index is 0.225. The normalized spacial score (nSPS) is 21.2. The molecule has 2 aliphatic rings. The number of thiophene rings is 1. The summed E-state index contributed by atoms with van der Waals surface area (Å²) in [5, 5.41) is 19.0. The highest BCUT2D eigenvalue weighted by Gasteiger charge is 2.57. The standard InChI is InChI=1S/C18H13N3O4S/c22-15(7-8-16(23)24)21-18(10-13(20-21)14-6-3-9-26-14)11-4-1-2-5-12(11)19-17(18)25/h1-9H,10H2,(H,19,25)(H,23,24)/b8-7-/t18-/m0/s1. The number of hydrogen-bond acceptors (Lipinski definition) is 5. The van der Waals surface area contributed by atoms with Crippen LogP contribution < -0.4 is 5.32 Å². The first kappa shape index (κ1) is 16.2. The van der Waals surface area contributed by atoms with Crippen LogP contribution in [0.1, 0.15) is 16.9 Å². The fourth-order valence-electron chi connectivity index (χ4n) is 3.27. The summed E-state index contributed by atoms with van der Waals surface area (Å²) in [6, 6.07) is 10.9. The van der Waals surface area contributed by atoms with E-state index in [0.29, 0.717) is 17.0 Å². The third-order valence-electron chi connectivity index (χ3n) is 4.38. The minimum atomic E-state index is -1.31. The first-order valence-electron chi connectivity index (χ1n) is 7.80. The second-order valence-electron chi connectivity index (χ2n) is 5.88. The number of fused-ring (bicyclic) bond motifs is 2. The van der Waals surface area contributed by atoms with Crippen molar-refractivity contribution in [2.75, 3.05) is 5.32 Å². The quantitative estimate of drug-likeness (QED) is 0.812. The average Bonchev–Trinajstić information content (AvgIpc) is 3.33. The largest absolute Gasteiger partial charge is 0.478 e. The van der Waals surface area contributed by atoms with Gasteiger partial charge in [-0.1, -0.05) is 24.3 Å². The molecule has 1 spiro atoms. The first-order valence-corrected chi connectivity index (χ1v) is 8.68. The molecule has 1 atom stereocenters. The van der Waals surface area contributed by atoms with Crippen molar-refractivity contribution in [2.24, 2.45) is 5.10 Å². The van der Waals surface area contributed by atoms with Gasteiger partial charge in [-0.3, -0.25) is 9.59 Å². The summed E-state index contributed by atoms with van der Waals surface area (Å²) in [4.78, 5) is 37.2. The number of rotatable bonds is 3. The lowest BCUT2D eigenvalue weighted by molar-refractivity contribution is -0.140. The van der Waals surface area contributed by atoms with Crippen molar-refractivity contribution < 1.29 is 19.5 Å². The van der Waals surface area contributed by atoms with Crippen LogP contribution in [0.2, 0.25) is 0 Å². The lowest BCUT2D eigenvalue weighted by Gasteiger charge is -2.29. The number of carbonyl (C=O) groups is 3. The van der Waals surface area contributed by atoms with Crippen LogP contribution in [-0.4, -0.2) is 33.6 Å². The van der Waals surface area contributed by atoms with Crippen molar-refractivity contribution in [1.29, 1.82) is 0 Å². The molecule has 0 aliphatic carbocycles. The molecule has 0 bridgehead atoms. The molecule has 2 aliphatic heterocycles. The smallest absolute Gasteiger partial charge is 0.328 e. The van der Waals surface area contributed by atoms with E-state index in [1.54, 1.807) is 24.3 Å². The van der Waals surface area contributed by atoms with E-state index >= 15 is 0 Å². The number of amides is 2. The van der Waals surface area contributed by atoms with E-state index in [4.69, 9.17) is 5.11 Å². The van der Waals surface area contributed by atoms with Crippen LogP contribution in [0.25, 0.3) is 0 Å². The Labute approximate surface area is 152 Å². The number of nitrogens with one attached hydrogen (secondary N) is 1. The summed E-state index contributed by atoms with van der Waals surface area (Å²) in [7, 11) is 0. The van der Waals surface area contributed by atoms with Crippen LogP contribution in [0.5, 0.6) is 0 Å². The number of carboxylic acids is 1. The zero-order valence-corrected chi connectivity index (χ0v) is 14.2. The van der Waals surface area contributed by atoms with Gasteiger partial charge in [0.1, 0.15) is 0 Å². The fraction of sp³-hybridized carbons (Fsp3) is 0.111. The highest BCUT2D eigenvalue weighted by atomic mass is 32.1. The van der Waals surface area contributed by atoms with Gasteiger partial charge in [-0.15, -0.1) is 11.3 Å². The SMILES string of the molecule is O=C(O)/C=C\C(=O)N1N=C(c2cccs2)C[C@]12C(=O)Nc1ccccc12. The number of hydrazone groups is 1. The van der Waals surface area contributed by atoms with Gasteiger partial charge in [0.05, 0.1) is 10.6 Å². The van der Waals surface area contributed by atoms with Crippen LogP contribution in [-0.2, 0) is 19.9 Å². The number of carbonyl (C=O) groups excluding carboxylic acids is 2. The lowest BCUT2D eigenvalue weighted by Crippen LogP contribution is -2.48. The second-order valence-corrected chi connectivity index (χ2v) is 6.83. The van der Waals surface area contributed by atoms with Gasteiger partial charge in [0.2, 0.25) is 0 Å². The molecule has 0 radical (unpaired) electrons. The van der Waals surface area contributed by atoms with Crippen molar-refractivity contribution in [3.8, 4) is 0 Å². The van der Waals surface area contributed by atoms with Crippen molar-refractivity contribution in [2.45, 2.75) is 12.0 Å². The molecule has 0 saturated heterocycles. The van der Waals surface area contributed by atoms with E-state index in [1.807, 2.05) is 17.5 Å². The van der Waals surface area contributed by atoms with Gasteiger partial charge in [-0.2, -0.15) is 5.10 Å². The number of para-hydroxylation sites is 1. The van der Waals surface area contributed by atoms with E-state index in [9.17, 15) is 14.4 Å². The maximum Gasteiger partial charge on any atom is 0.328 e. The number of carboxylic acid groups (broad SMARTS) is 1. The summed E-state index contributed by atoms with van der Waals surface area (Å²) < 4.78 is 0. The fourth-order valence-corrected chi connectivity index (χ4v) is 3.98.